The molecule has 0 rings (SSSR count). The van der Waals surface area contributed by atoms with Crippen LogP contribution in [0.4, 0.5) is 13.2 Å². The SMILES string of the molecule is CCC(C)(C)[C@H](O)NS(=O)(=O)C(F)(F)F. The molecule has 0 aliphatic heterocycles. The van der Waals surface area contributed by atoms with Crippen LogP contribution in [0.2, 0.25) is 0 Å². The van der Waals surface area contributed by atoms with E-state index < -0.39 is 27.2 Å². The van der Waals surface area contributed by atoms with Crippen LogP contribution in [-0.4, -0.2) is 25.3 Å². The molecule has 0 amide bonds. The number of aliphatic hydroxyl groups excluding tert-OH is 1. The lowest BCUT2D eigenvalue weighted by molar-refractivity contribution is -0.0492. The number of nitrogens with one attached hydrogen (secondary N) is 1. The number of halogens is 3. The molecule has 4 nitrogen and oxygen atoms in total. The number of rotatable bonds is 4. The van der Waals surface area contributed by atoms with Crippen molar-refractivity contribution in [3.05, 3.63) is 0 Å². The number of aliphatic hydroxyl groups is 1. The van der Waals surface area contributed by atoms with Crippen LogP contribution in [0.15, 0.2) is 0 Å². The topological polar surface area (TPSA) is 66.4 Å². The molecule has 0 aliphatic rings. The maximum absolute atomic E-state index is 11.9. The lowest BCUT2D eigenvalue weighted by Gasteiger charge is -2.29. The maximum atomic E-state index is 11.9. The first-order valence-electron chi connectivity index (χ1n) is 4.20. The predicted molar refractivity (Wildman–Crippen MR) is 48.2 cm³/mol. The van der Waals surface area contributed by atoms with Gasteiger partial charge in [0.1, 0.15) is 6.23 Å². The smallest absolute Gasteiger partial charge is 0.377 e. The fraction of sp³-hybridized carbons (Fsp3) is 1.00. The molecule has 0 radical (unpaired) electrons. The van der Waals surface area contributed by atoms with E-state index in [9.17, 15) is 26.7 Å². The standard InChI is InChI=1S/C7H14F3NO3S/c1-4-6(2,3)5(12)11-15(13,14)7(8,9)10/h5,11-12H,4H2,1-3H3/t5-/m0/s1. The molecule has 0 spiro atoms. The van der Waals surface area contributed by atoms with Crippen molar-refractivity contribution in [2.75, 3.05) is 0 Å². The zero-order chi connectivity index (χ0) is 12.5. The van der Waals surface area contributed by atoms with E-state index in [1.54, 1.807) is 6.92 Å². The summed E-state index contributed by atoms with van der Waals surface area (Å²) in [6, 6.07) is 0. The summed E-state index contributed by atoms with van der Waals surface area (Å²) in [5, 5.41) is 9.29. The highest BCUT2D eigenvalue weighted by molar-refractivity contribution is 7.90. The van der Waals surface area contributed by atoms with Crippen LogP contribution in [0.25, 0.3) is 0 Å². The highest BCUT2D eigenvalue weighted by Crippen LogP contribution is 2.27. The lowest BCUT2D eigenvalue weighted by Crippen LogP contribution is -2.49. The second-order valence-corrected chi connectivity index (χ2v) is 5.52. The molecule has 2 N–H and O–H groups in total. The average Bonchev–Trinajstić information content (AvgIpc) is 2.01. The Morgan fingerprint density at radius 1 is 1.33 bits per heavy atom. The largest absolute Gasteiger partial charge is 0.511 e. The Hall–Kier alpha value is -0.340. The summed E-state index contributed by atoms with van der Waals surface area (Å²) in [6.07, 6.45) is -1.44. The van der Waals surface area contributed by atoms with Crippen molar-refractivity contribution < 1.29 is 26.7 Å². The van der Waals surface area contributed by atoms with Gasteiger partial charge in [-0.05, 0) is 6.42 Å². The van der Waals surface area contributed by atoms with Gasteiger partial charge in [0.05, 0.1) is 0 Å². The van der Waals surface area contributed by atoms with Crippen LogP contribution in [0.1, 0.15) is 27.2 Å². The Kier molecular flexibility index (Phi) is 4.17. The number of sulfonamides is 1. The van der Waals surface area contributed by atoms with E-state index in [1.807, 2.05) is 0 Å². The third-order valence-electron chi connectivity index (χ3n) is 2.22. The molecular formula is C7H14F3NO3S. The molecule has 0 heterocycles. The van der Waals surface area contributed by atoms with Crippen molar-refractivity contribution in [1.29, 1.82) is 0 Å². The van der Waals surface area contributed by atoms with Crippen molar-refractivity contribution in [1.82, 2.24) is 4.72 Å². The zero-order valence-corrected chi connectivity index (χ0v) is 9.41. The molecule has 15 heavy (non-hydrogen) atoms. The Balaban J connectivity index is 4.78. The molecule has 0 saturated heterocycles. The van der Waals surface area contributed by atoms with Crippen LogP contribution in [0.3, 0.4) is 0 Å². The maximum Gasteiger partial charge on any atom is 0.511 e. The third-order valence-corrected chi connectivity index (χ3v) is 3.37. The predicted octanol–water partition coefficient (Wildman–Crippen LogP) is 1.18. The van der Waals surface area contributed by atoms with E-state index in [0.29, 0.717) is 6.42 Å². The third kappa shape index (κ3) is 3.62. The average molecular weight is 249 g/mol. The van der Waals surface area contributed by atoms with Gasteiger partial charge in [-0.1, -0.05) is 20.8 Å². The summed E-state index contributed by atoms with van der Waals surface area (Å²) >= 11 is 0. The van der Waals surface area contributed by atoms with Crippen molar-refractivity contribution >= 4 is 10.0 Å². The van der Waals surface area contributed by atoms with Gasteiger partial charge in [-0.3, -0.25) is 0 Å². The minimum atomic E-state index is -5.49. The van der Waals surface area contributed by atoms with Crippen molar-refractivity contribution in [3.63, 3.8) is 0 Å². The van der Waals surface area contributed by atoms with Gasteiger partial charge >= 0.3 is 15.5 Å². The van der Waals surface area contributed by atoms with E-state index in [0.717, 1.165) is 0 Å². The first-order valence-corrected chi connectivity index (χ1v) is 5.69. The summed E-state index contributed by atoms with van der Waals surface area (Å²) < 4.78 is 58.2. The van der Waals surface area contributed by atoms with E-state index in [1.165, 1.54) is 18.6 Å². The second kappa shape index (κ2) is 4.26. The fourth-order valence-electron chi connectivity index (χ4n) is 0.567. The first-order chi connectivity index (χ1) is 6.44. The quantitative estimate of drug-likeness (QED) is 0.735. The molecule has 0 aromatic carbocycles. The minimum absolute atomic E-state index is 0.328. The van der Waals surface area contributed by atoms with E-state index in [2.05, 4.69) is 0 Å². The molecule has 1 atom stereocenters. The fourth-order valence-corrected chi connectivity index (χ4v) is 1.31. The van der Waals surface area contributed by atoms with Gasteiger partial charge in [-0.2, -0.15) is 17.9 Å². The molecule has 0 unspecified atom stereocenters. The minimum Gasteiger partial charge on any atom is -0.377 e. The summed E-state index contributed by atoms with van der Waals surface area (Å²) in [5.74, 6) is 0. The van der Waals surface area contributed by atoms with Crippen molar-refractivity contribution in [3.8, 4) is 0 Å². The van der Waals surface area contributed by atoms with Crippen molar-refractivity contribution in [2.45, 2.75) is 38.9 Å². The molecule has 0 fully saturated rings. The Labute approximate surface area is 86.5 Å². The van der Waals surface area contributed by atoms with E-state index in [4.69, 9.17) is 0 Å². The van der Waals surface area contributed by atoms with Gasteiger partial charge in [-0.25, -0.2) is 8.42 Å². The summed E-state index contributed by atoms with van der Waals surface area (Å²) in [4.78, 5) is 0. The first kappa shape index (κ1) is 14.7. The molecule has 92 valence electrons. The molecule has 0 aliphatic carbocycles. The molecular weight excluding hydrogens is 235 g/mol. The lowest BCUT2D eigenvalue weighted by atomic mass is 9.89. The van der Waals surface area contributed by atoms with Crippen LogP contribution < -0.4 is 4.72 Å². The van der Waals surface area contributed by atoms with Gasteiger partial charge in [0.15, 0.2) is 0 Å². The Bertz CT molecular complexity index is 310. The van der Waals surface area contributed by atoms with Gasteiger partial charge in [0, 0.05) is 5.41 Å². The van der Waals surface area contributed by atoms with Gasteiger partial charge in [-0.15, -0.1) is 0 Å². The van der Waals surface area contributed by atoms with Crippen LogP contribution in [0.5, 0.6) is 0 Å². The summed E-state index contributed by atoms with van der Waals surface area (Å²) in [5.41, 5.74) is -6.36. The summed E-state index contributed by atoms with van der Waals surface area (Å²) in [6.45, 7) is 4.54. The molecule has 0 saturated carbocycles. The Morgan fingerprint density at radius 3 is 2.00 bits per heavy atom. The normalized spacial score (nSPS) is 16.5. The number of alkyl halides is 3. The number of hydrogen-bond acceptors (Lipinski definition) is 3. The van der Waals surface area contributed by atoms with Crippen molar-refractivity contribution in [2.24, 2.45) is 5.41 Å². The molecule has 0 aromatic rings. The van der Waals surface area contributed by atoms with Gasteiger partial charge in [0.2, 0.25) is 0 Å². The second-order valence-electron chi connectivity index (χ2n) is 3.81. The Morgan fingerprint density at radius 2 is 1.73 bits per heavy atom. The highest BCUT2D eigenvalue weighted by Gasteiger charge is 2.48. The molecule has 0 aromatic heterocycles. The van der Waals surface area contributed by atoms with Gasteiger partial charge < -0.3 is 5.11 Å². The highest BCUT2D eigenvalue weighted by atomic mass is 32.2. The van der Waals surface area contributed by atoms with Crippen LogP contribution >= 0.6 is 0 Å². The monoisotopic (exact) mass is 249 g/mol. The number of hydrogen-bond donors (Lipinski definition) is 2. The molecule has 0 bridgehead atoms. The zero-order valence-electron chi connectivity index (χ0n) is 8.59. The van der Waals surface area contributed by atoms with Gasteiger partial charge in [0.25, 0.3) is 0 Å². The van der Waals surface area contributed by atoms with Crippen LogP contribution in [0, 0.1) is 5.41 Å². The van der Waals surface area contributed by atoms with Crippen LogP contribution in [-0.2, 0) is 10.0 Å². The molecule has 8 heteroatoms. The van der Waals surface area contributed by atoms with E-state index >= 15 is 0 Å². The van der Waals surface area contributed by atoms with E-state index in [-0.39, 0.29) is 0 Å². The summed E-state index contributed by atoms with van der Waals surface area (Å²) in [7, 11) is -5.49.